The van der Waals surface area contributed by atoms with Crippen LogP contribution in [0.1, 0.15) is 36.8 Å². The lowest BCUT2D eigenvalue weighted by Crippen LogP contribution is -2.14. The Labute approximate surface area is 134 Å². The van der Waals surface area contributed by atoms with Gasteiger partial charge in [-0.25, -0.2) is 0 Å². The van der Waals surface area contributed by atoms with Crippen LogP contribution < -0.4 is 0 Å². The minimum Gasteiger partial charge on any atom is -0.166 e. The highest BCUT2D eigenvalue weighted by molar-refractivity contribution is 7.99. The molecular formula is C18H21F3S. The first kappa shape index (κ1) is 17.2. The maximum Gasteiger partial charge on any atom is 0.416 e. The van der Waals surface area contributed by atoms with Crippen molar-refractivity contribution in [1.29, 1.82) is 0 Å². The van der Waals surface area contributed by atoms with Gasteiger partial charge in [0.05, 0.1) is 5.56 Å². The van der Waals surface area contributed by atoms with E-state index in [1.54, 1.807) is 0 Å². The van der Waals surface area contributed by atoms with Crippen molar-refractivity contribution in [3.05, 3.63) is 53.6 Å². The monoisotopic (exact) mass is 326 g/mol. The van der Waals surface area contributed by atoms with Crippen molar-refractivity contribution in [3.63, 3.8) is 0 Å². The van der Waals surface area contributed by atoms with Crippen molar-refractivity contribution in [3.8, 4) is 0 Å². The van der Waals surface area contributed by atoms with Gasteiger partial charge >= 0.3 is 6.18 Å². The van der Waals surface area contributed by atoms with Crippen molar-refractivity contribution in [2.75, 3.05) is 6.26 Å². The SMILES string of the molecule is CSC1CCC(C=CC=Cc2ccc(C(F)(F)F)cc2)CC1. The molecule has 0 heterocycles. The van der Waals surface area contributed by atoms with E-state index in [0.29, 0.717) is 5.92 Å². The molecule has 0 aliphatic heterocycles. The summed E-state index contributed by atoms with van der Waals surface area (Å²) in [7, 11) is 0. The summed E-state index contributed by atoms with van der Waals surface area (Å²) in [6.45, 7) is 0. The Bertz CT molecular complexity index is 506. The predicted octanol–water partition coefficient (Wildman–Crippen LogP) is 6.20. The Kier molecular flexibility index (Phi) is 6.18. The van der Waals surface area contributed by atoms with E-state index in [1.165, 1.54) is 37.8 Å². The lowest BCUT2D eigenvalue weighted by Gasteiger charge is -2.25. The van der Waals surface area contributed by atoms with Gasteiger partial charge < -0.3 is 0 Å². The van der Waals surface area contributed by atoms with Crippen molar-refractivity contribution in [2.45, 2.75) is 37.1 Å². The van der Waals surface area contributed by atoms with E-state index in [-0.39, 0.29) is 0 Å². The molecular weight excluding hydrogens is 305 g/mol. The summed E-state index contributed by atoms with van der Waals surface area (Å²) < 4.78 is 37.4. The molecule has 0 atom stereocenters. The van der Waals surface area contributed by atoms with Gasteiger partial charge in [0, 0.05) is 5.25 Å². The molecule has 120 valence electrons. The fraction of sp³-hybridized carbons (Fsp3) is 0.444. The maximum atomic E-state index is 12.5. The fourth-order valence-electron chi connectivity index (χ4n) is 2.69. The van der Waals surface area contributed by atoms with E-state index in [4.69, 9.17) is 0 Å². The van der Waals surface area contributed by atoms with Crippen LogP contribution in [0.4, 0.5) is 13.2 Å². The lowest BCUT2D eigenvalue weighted by molar-refractivity contribution is -0.137. The van der Waals surface area contributed by atoms with Gasteiger partial charge in [0.15, 0.2) is 0 Å². The van der Waals surface area contributed by atoms with Gasteiger partial charge in [-0.2, -0.15) is 24.9 Å². The van der Waals surface area contributed by atoms with Gasteiger partial charge in [-0.1, -0.05) is 36.4 Å². The molecule has 0 unspecified atom stereocenters. The number of benzene rings is 1. The van der Waals surface area contributed by atoms with Crippen LogP contribution in [0.25, 0.3) is 6.08 Å². The molecule has 0 amide bonds. The minimum atomic E-state index is -4.27. The standard InChI is InChI=1S/C18H21F3S/c1-22-17-12-8-15(9-13-17)5-3-2-4-14-6-10-16(11-7-14)18(19,20)21/h2-7,10-11,15,17H,8-9,12-13H2,1H3. The Hall–Kier alpha value is -1.16. The molecule has 1 aromatic carbocycles. The van der Waals surface area contributed by atoms with Crippen LogP contribution in [-0.2, 0) is 6.18 Å². The molecule has 1 aliphatic carbocycles. The van der Waals surface area contributed by atoms with Crippen LogP contribution in [0.5, 0.6) is 0 Å². The van der Waals surface area contributed by atoms with Crippen molar-refractivity contribution < 1.29 is 13.2 Å². The Morgan fingerprint density at radius 2 is 1.64 bits per heavy atom. The smallest absolute Gasteiger partial charge is 0.166 e. The molecule has 0 saturated heterocycles. The number of halogens is 3. The van der Waals surface area contributed by atoms with Gasteiger partial charge in [-0.15, -0.1) is 0 Å². The number of hydrogen-bond donors (Lipinski definition) is 0. The summed E-state index contributed by atoms with van der Waals surface area (Å²) in [5.41, 5.74) is 0.175. The summed E-state index contributed by atoms with van der Waals surface area (Å²) in [4.78, 5) is 0. The van der Waals surface area contributed by atoms with Crippen LogP contribution >= 0.6 is 11.8 Å². The van der Waals surface area contributed by atoms with E-state index in [1.807, 2.05) is 30.0 Å². The molecule has 0 spiro atoms. The minimum absolute atomic E-state index is 0.606. The number of thioether (sulfide) groups is 1. The summed E-state index contributed by atoms with van der Waals surface area (Å²) in [6, 6.07) is 5.23. The number of allylic oxidation sites excluding steroid dienone is 3. The van der Waals surface area contributed by atoms with E-state index < -0.39 is 11.7 Å². The van der Waals surface area contributed by atoms with E-state index in [2.05, 4.69) is 12.3 Å². The predicted molar refractivity (Wildman–Crippen MR) is 88.9 cm³/mol. The molecule has 1 aliphatic rings. The molecule has 0 radical (unpaired) electrons. The quantitative estimate of drug-likeness (QED) is 0.594. The van der Waals surface area contributed by atoms with Crippen LogP contribution in [-0.4, -0.2) is 11.5 Å². The summed E-state index contributed by atoms with van der Waals surface area (Å²) in [5, 5.41) is 0.812. The van der Waals surface area contributed by atoms with Crippen molar-refractivity contribution in [1.82, 2.24) is 0 Å². The second-order valence-electron chi connectivity index (χ2n) is 5.64. The summed E-state index contributed by atoms with van der Waals surface area (Å²) in [5.74, 6) is 0.639. The number of rotatable bonds is 4. The number of hydrogen-bond acceptors (Lipinski definition) is 1. The molecule has 0 aromatic heterocycles. The third kappa shape index (κ3) is 5.24. The van der Waals surface area contributed by atoms with Crippen LogP contribution in [0, 0.1) is 5.92 Å². The molecule has 22 heavy (non-hydrogen) atoms. The first-order valence-electron chi connectivity index (χ1n) is 7.54. The first-order chi connectivity index (χ1) is 10.5. The second-order valence-corrected chi connectivity index (χ2v) is 6.77. The normalized spacial score (nSPS) is 23.5. The Morgan fingerprint density at radius 3 is 2.18 bits per heavy atom. The third-order valence-corrected chi connectivity index (χ3v) is 5.21. The molecule has 1 fully saturated rings. The van der Waals surface area contributed by atoms with Gasteiger partial charge in [0.2, 0.25) is 0 Å². The summed E-state index contributed by atoms with van der Waals surface area (Å²) in [6.07, 6.45) is 10.9. The van der Waals surface area contributed by atoms with E-state index in [0.717, 1.165) is 22.9 Å². The molecule has 2 rings (SSSR count). The molecule has 0 nitrogen and oxygen atoms in total. The molecule has 4 heteroatoms. The molecule has 0 N–H and O–H groups in total. The fourth-order valence-corrected chi connectivity index (χ4v) is 3.43. The first-order valence-corrected chi connectivity index (χ1v) is 8.83. The van der Waals surface area contributed by atoms with Crippen molar-refractivity contribution in [2.24, 2.45) is 5.92 Å². The zero-order chi connectivity index (χ0) is 16.0. The maximum absolute atomic E-state index is 12.5. The van der Waals surface area contributed by atoms with E-state index in [9.17, 15) is 13.2 Å². The van der Waals surface area contributed by atoms with Gasteiger partial charge in [0.25, 0.3) is 0 Å². The highest BCUT2D eigenvalue weighted by Gasteiger charge is 2.29. The van der Waals surface area contributed by atoms with Crippen LogP contribution in [0.15, 0.2) is 42.5 Å². The second kappa shape index (κ2) is 7.91. The molecule has 0 bridgehead atoms. The zero-order valence-corrected chi connectivity index (χ0v) is 13.5. The van der Waals surface area contributed by atoms with Gasteiger partial charge in [-0.3, -0.25) is 0 Å². The highest BCUT2D eigenvalue weighted by atomic mass is 32.2. The van der Waals surface area contributed by atoms with Gasteiger partial charge in [0.1, 0.15) is 0 Å². The topological polar surface area (TPSA) is 0 Å². The van der Waals surface area contributed by atoms with Crippen LogP contribution in [0.3, 0.4) is 0 Å². The zero-order valence-electron chi connectivity index (χ0n) is 12.6. The van der Waals surface area contributed by atoms with Crippen molar-refractivity contribution >= 4 is 17.8 Å². The summed E-state index contributed by atoms with van der Waals surface area (Å²) >= 11 is 1.96. The number of alkyl halides is 3. The van der Waals surface area contributed by atoms with Crippen LogP contribution in [0.2, 0.25) is 0 Å². The highest BCUT2D eigenvalue weighted by Crippen LogP contribution is 2.31. The Balaban J connectivity index is 1.83. The molecule has 1 saturated carbocycles. The third-order valence-electron chi connectivity index (χ3n) is 4.07. The van der Waals surface area contributed by atoms with E-state index >= 15 is 0 Å². The lowest BCUT2D eigenvalue weighted by atomic mass is 9.88. The average molecular weight is 326 g/mol. The average Bonchev–Trinajstić information content (AvgIpc) is 2.52. The molecule has 1 aromatic rings. The van der Waals surface area contributed by atoms with Gasteiger partial charge in [-0.05, 0) is 55.6 Å². The Morgan fingerprint density at radius 1 is 1.00 bits per heavy atom. The largest absolute Gasteiger partial charge is 0.416 e.